The molecule has 0 radical (unpaired) electrons. The molecule has 0 bridgehead atoms. The predicted molar refractivity (Wildman–Crippen MR) is 158 cm³/mol. The van der Waals surface area contributed by atoms with Crippen LogP contribution in [0.2, 0.25) is 0 Å². The number of piperidine rings is 1. The van der Waals surface area contributed by atoms with E-state index in [-0.39, 0.29) is 50.0 Å². The van der Waals surface area contributed by atoms with Gasteiger partial charge in [-0.1, -0.05) is 0 Å². The first-order valence-electron chi connectivity index (χ1n) is 13.6. The van der Waals surface area contributed by atoms with Gasteiger partial charge < -0.3 is 19.3 Å². The topological polar surface area (TPSA) is 82.6 Å². The number of ether oxygens (including phenoxy) is 2. The van der Waals surface area contributed by atoms with E-state index < -0.39 is 10.0 Å². The van der Waals surface area contributed by atoms with Crippen molar-refractivity contribution in [3.8, 4) is 5.75 Å². The Balaban J connectivity index is 0.00000267. The average Bonchev–Trinajstić information content (AvgIpc) is 3.36. The van der Waals surface area contributed by atoms with E-state index >= 15 is 0 Å². The van der Waals surface area contributed by atoms with Gasteiger partial charge in [0.1, 0.15) is 12.4 Å². The van der Waals surface area contributed by atoms with Gasteiger partial charge in [0.15, 0.2) is 0 Å². The number of hydrogen-bond donors (Lipinski definition) is 0. The monoisotopic (exact) mass is 608 g/mol. The normalized spacial score (nSPS) is 21.9. The number of aryl methyl sites for hydroxylation is 1. The van der Waals surface area contributed by atoms with Crippen LogP contribution in [0.4, 0.5) is 0 Å². The molecule has 0 N–H and O–H groups in total. The molecule has 3 saturated heterocycles. The van der Waals surface area contributed by atoms with Crippen LogP contribution in [0, 0.1) is 20.8 Å². The minimum absolute atomic E-state index is 0. The Bertz CT molecular complexity index is 1070. The molecule has 1 aromatic carbocycles. The Labute approximate surface area is 247 Å². The standard InChI is InChI=1S/C27H44N4O5S.2ClH/c1-20-17-25(35-5)21(2)22(3)27(20)37(33,34)31-10-6-7-24(31)18-36-19-26(32)30-15-13-29(14-16-30)23-8-11-28(4)12-9-23;;/h17,23-24H,6-16,18-19H2,1-5H3;2*1H. The first-order valence-corrected chi connectivity index (χ1v) is 15.0. The molecule has 0 aromatic heterocycles. The Morgan fingerprint density at radius 3 is 2.21 bits per heavy atom. The van der Waals surface area contributed by atoms with Crippen LogP contribution >= 0.6 is 24.8 Å². The molecule has 39 heavy (non-hydrogen) atoms. The zero-order valence-corrected chi connectivity index (χ0v) is 26.4. The average molecular weight is 610 g/mol. The van der Waals surface area contributed by atoms with Crippen molar-refractivity contribution in [2.24, 2.45) is 0 Å². The fraction of sp³-hybridized carbons (Fsp3) is 0.741. The lowest BCUT2D eigenvalue weighted by Crippen LogP contribution is -2.54. The molecular weight excluding hydrogens is 563 g/mol. The van der Waals surface area contributed by atoms with E-state index in [0.717, 1.165) is 63.2 Å². The van der Waals surface area contributed by atoms with Gasteiger partial charge in [-0.3, -0.25) is 9.69 Å². The molecule has 12 heteroatoms. The first kappa shape index (κ1) is 34.1. The fourth-order valence-corrected chi connectivity index (χ4v) is 8.28. The molecule has 0 saturated carbocycles. The van der Waals surface area contributed by atoms with Crippen LogP contribution in [0.25, 0.3) is 0 Å². The molecule has 3 aliphatic rings. The van der Waals surface area contributed by atoms with Gasteiger partial charge in [0.2, 0.25) is 15.9 Å². The van der Waals surface area contributed by atoms with Crippen molar-refractivity contribution < 1.29 is 22.7 Å². The Hall–Kier alpha value is -1.14. The van der Waals surface area contributed by atoms with Crippen LogP contribution in [0.1, 0.15) is 42.4 Å². The molecule has 224 valence electrons. The highest BCUT2D eigenvalue weighted by Crippen LogP contribution is 2.35. The summed E-state index contributed by atoms with van der Waals surface area (Å²) in [6.45, 7) is 11.8. The molecule has 3 fully saturated rings. The molecular formula is C27H46Cl2N4O5S. The number of carbonyl (C=O) groups excluding carboxylic acids is 1. The number of nitrogens with zero attached hydrogens (tertiary/aromatic N) is 4. The summed E-state index contributed by atoms with van der Waals surface area (Å²) < 4.78 is 40.2. The van der Waals surface area contributed by atoms with E-state index in [4.69, 9.17) is 9.47 Å². The summed E-state index contributed by atoms with van der Waals surface area (Å²) in [6, 6.07) is 2.16. The highest BCUT2D eigenvalue weighted by molar-refractivity contribution is 7.89. The quantitative estimate of drug-likeness (QED) is 0.449. The Kier molecular flexibility index (Phi) is 12.8. The molecule has 1 aromatic rings. The number of carbonyl (C=O) groups is 1. The van der Waals surface area contributed by atoms with Gasteiger partial charge in [-0.15, -0.1) is 24.8 Å². The molecule has 3 aliphatic heterocycles. The van der Waals surface area contributed by atoms with Crippen molar-refractivity contribution in [2.75, 3.05) is 73.2 Å². The third kappa shape index (κ3) is 7.58. The minimum atomic E-state index is -3.69. The smallest absolute Gasteiger partial charge is 0.248 e. The van der Waals surface area contributed by atoms with Gasteiger partial charge >= 0.3 is 0 Å². The third-order valence-electron chi connectivity index (χ3n) is 8.50. The van der Waals surface area contributed by atoms with Gasteiger partial charge in [0, 0.05) is 44.8 Å². The van der Waals surface area contributed by atoms with Gasteiger partial charge in [0.25, 0.3) is 0 Å². The van der Waals surface area contributed by atoms with Gasteiger partial charge in [-0.2, -0.15) is 4.31 Å². The van der Waals surface area contributed by atoms with E-state index in [1.54, 1.807) is 17.5 Å². The molecule has 1 unspecified atom stereocenters. The van der Waals surface area contributed by atoms with Crippen LogP contribution in [0.5, 0.6) is 5.75 Å². The summed E-state index contributed by atoms with van der Waals surface area (Å²) in [4.78, 5) is 20.0. The zero-order valence-electron chi connectivity index (χ0n) is 24.0. The Morgan fingerprint density at radius 2 is 1.59 bits per heavy atom. The SMILES string of the molecule is COc1cc(C)c(S(=O)(=O)N2CCCC2COCC(=O)N2CCN(C3CCN(C)CC3)CC2)c(C)c1C.Cl.Cl. The number of likely N-dealkylation sites (tertiary alicyclic amines) is 1. The van der Waals surface area contributed by atoms with Crippen molar-refractivity contribution >= 4 is 40.7 Å². The first-order chi connectivity index (χ1) is 17.6. The van der Waals surface area contributed by atoms with E-state index in [0.29, 0.717) is 28.8 Å². The number of piperazine rings is 1. The predicted octanol–water partition coefficient (Wildman–Crippen LogP) is 2.87. The van der Waals surface area contributed by atoms with E-state index in [1.807, 2.05) is 25.7 Å². The number of sulfonamides is 1. The summed E-state index contributed by atoms with van der Waals surface area (Å²) in [5, 5.41) is 0. The Morgan fingerprint density at radius 1 is 0.949 bits per heavy atom. The summed E-state index contributed by atoms with van der Waals surface area (Å²) >= 11 is 0. The van der Waals surface area contributed by atoms with Crippen LogP contribution in [-0.4, -0.2) is 119 Å². The van der Waals surface area contributed by atoms with E-state index in [9.17, 15) is 13.2 Å². The second-order valence-corrected chi connectivity index (χ2v) is 12.7. The number of halogens is 2. The summed E-state index contributed by atoms with van der Waals surface area (Å²) in [7, 11) is 0.0787. The largest absolute Gasteiger partial charge is 0.496 e. The lowest BCUT2D eigenvalue weighted by molar-refractivity contribution is -0.138. The van der Waals surface area contributed by atoms with Crippen molar-refractivity contribution in [3.05, 3.63) is 22.8 Å². The van der Waals surface area contributed by atoms with Crippen LogP contribution in [0.15, 0.2) is 11.0 Å². The van der Waals surface area contributed by atoms with Gasteiger partial charge in [0.05, 0.1) is 18.6 Å². The number of hydrogen-bond acceptors (Lipinski definition) is 7. The maximum atomic E-state index is 13.7. The summed E-state index contributed by atoms with van der Waals surface area (Å²) in [6.07, 6.45) is 3.91. The fourth-order valence-electron chi connectivity index (χ4n) is 6.11. The highest BCUT2D eigenvalue weighted by Gasteiger charge is 2.38. The molecule has 0 aliphatic carbocycles. The summed E-state index contributed by atoms with van der Waals surface area (Å²) in [5.41, 5.74) is 2.24. The molecule has 9 nitrogen and oxygen atoms in total. The minimum Gasteiger partial charge on any atom is -0.496 e. The van der Waals surface area contributed by atoms with Crippen LogP contribution in [0.3, 0.4) is 0 Å². The second-order valence-electron chi connectivity index (χ2n) is 10.9. The third-order valence-corrected chi connectivity index (χ3v) is 10.7. The van der Waals surface area contributed by atoms with Crippen LogP contribution in [-0.2, 0) is 19.6 Å². The molecule has 3 heterocycles. The van der Waals surface area contributed by atoms with Gasteiger partial charge in [-0.05, 0) is 89.3 Å². The highest BCUT2D eigenvalue weighted by atomic mass is 35.5. The summed E-state index contributed by atoms with van der Waals surface area (Å²) in [5.74, 6) is 0.689. The molecule has 1 atom stereocenters. The van der Waals surface area contributed by atoms with Crippen molar-refractivity contribution in [2.45, 2.75) is 63.4 Å². The number of benzene rings is 1. The molecule has 0 spiro atoms. The second kappa shape index (κ2) is 14.7. The number of methoxy groups -OCH3 is 1. The number of amides is 1. The van der Waals surface area contributed by atoms with Crippen molar-refractivity contribution in [1.29, 1.82) is 0 Å². The van der Waals surface area contributed by atoms with Crippen molar-refractivity contribution in [3.63, 3.8) is 0 Å². The maximum Gasteiger partial charge on any atom is 0.248 e. The lowest BCUT2D eigenvalue weighted by Gasteiger charge is -2.42. The number of rotatable bonds is 8. The molecule has 4 rings (SSSR count). The van der Waals surface area contributed by atoms with Crippen LogP contribution < -0.4 is 4.74 Å². The maximum absolute atomic E-state index is 13.7. The van der Waals surface area contributed by atoms with Gasteiger partial charge in [-0.25, -0.2) is 8.42 Å². The van der Waals surface area contributed by atoms with Crippen molar-refractivity contribution in [1.82, 2.24) is 19.0 Å². The zero-order chi connectivity index (χ0) is 26.7. The van der Waals surface area contributed by atoms with E-state index in [1.165, 1.54) is 12.8 Å². The molecule has 1 amide bonds. The lowest BCUT2D eigenvalue weighted by atomic mass is 10.0. The van der Waals surface area contributed by atoms with E-state index in [2.05, 4.69) is 16.8 Å².